The van der Waals surface area contributed by atoms with Crippen LogP contribution >= 0.6 is 27.5 Å². The number of benzene rings is 2. The standard InChI is InChI=1S/C13H9BrClN3O3/c14-10-5-7(1-3-9(10)13(16)17)21-8-2-4-12(18(19)20)11(15)6-8/h1-6H,(H3,16,17). The lowest BCUT2D eigenvalue weighted by Crippen LogP contribution is -2.11. The SMILES string of the molecule is N=C(N)c1ccc(Oc2ccc([N+](=O)[O-])c(Cl)c2)cc1Br. The highest BCUT2D eigenvalue weighted by molar-refractivity contribution is 9.10. The highest BCUT2D eigenvalue weighted by atomic mass is 79.9. The van der Waals surface area contributed by atoms with E-state index in [2.05, 4.69) is 15.9 Å². The summed E-state index contributed by atoms with van der Waals surface area (Å²) in [7, 11) is 0. The third kappa shape index (κ3) is 3.50. The van der Waals surface area contributed by atoms with E-state index in [-0.39, 0.29) is 16.5 Å². The molecule has 0 saturated carbocycles. The van der Waals surface area contributed by atoms with Gasteiger partial charge in [0.05, 0.1) is 4.92 Å². The summed E-state index contributed by atoms with van der Waals surface area (Å²) in [6.07, 6.45) is 0. The van der Waals surface area contributed by atoms with Crippen LogP contribution in [0.15, 0.2) is 40.9 Å². The third-order valence-corrected chi connectivity index (χ3v) is 3.54. The zero-order valence-corrected chi connectivity index (χ0v) is 12.8. The van der Waals surface area contributed by atoms with Gasteiger partial charge in [-0.05, 0) is 40.2 Å². The van der Waals surface area contributed by atoms with Crippen molar-refractivity contribution in [2.75, 3.05) is 0 Å². The molecule has 0 aromatic heterocycles. The van der Waals surface area contributed by atoms with Crippen molar-refractivity contribution in [3.05, 3.63) is 61.6 Å². The predicted octanol–water partition coefficient (Wildman–Crippen LogP) is 4.09. The first-order chi connectivity index (χ1) is 9.88. The summed E-state index contributed by atoms with van der Waals surface area (Å²) in [5.41, 5.74) is 5.78. The first-order valence-electron chi connectivity index (χ1n) is 5.64. The van der Waals surface area contributed by atoms with Crippen LogP contribution in [0.1, 0.15) is 5.56 Å². The van der Waals surface area contributed by atoms with Crippen LogP contribution in [0.2, 0.25) is 5.02 Å². The van der Waals surface area contributed by atoms with Gasteiger partial charge in [0.2, 0.25) is 0 Å². The molecular formula is C13H9BrClN3O3. The second-order valence-electron chi connectivity index (χ2n) is 4.03. The van der Waals surface area contributed by atoms with Crippen molar-refractivity contribution in [2.24, 2.45) is 5.73 Å². The van der Waals surface area contributed by atoms with Crippen LogP contribution in [-0.2, 0) is 0 Å². The van der Waals surface area contributed by atoms with E-state index in [1.165, 1.54) is 18.2 Å². The number of hydrogen-bond acceptors (Lipinski definition) is 4. The molecule has 0 atom stereocenters. The fourth-order valence-corrected chi connectivity index (χ4v) is 2.42. The van der Waals surface area contributed by atoms with Gasteiger partial charge >= 0.3 is 0 Å². The molecule has 0 unspecified atom stereocenters. The Balaban J connectivity index is 2.26. The lowest BCUT2D eigenvalue weighted by Gasteiger charge is -2.08. The average molecular weight is 371 g/mol. The van der Waals surface area contributed by atoms with E-state index in [0.29, 0.717) is 21.5 Å². The van der Waals surface area contributed by atoms with Crippen LogP contribution in [0.4, 0.5) is 5.69 Å². The smallest absolute Gasteiger partial charge is 0.288 e. The number of amidine groups is 1. The van der Waals surface area contributed by atoms with Crippen LogP contribution in [0.25, 0.3) is 0 Å². The molecule has 2 rings (SSSR count). The Kier molecular flexibility index (Phi) is 4.44. The molecule has 0 aliphatic heterocycles. The molecule has 8 heteroatoms. The normalized spacial score (nSPS) is 10.2. The highest BCUT2D eigenvalue weighted by Crippen LogP contribution is 2.32. The molecular weight excluding hydrogens is 362 g/mol. The average Bonchev–Trinajstić information content (AvgIpc) is 2.37. The second kappa shape index (κ2) is 6.11. The Bertz CT molecular complexity index is 675. The van der Waals surface area contributed by atoms with Gasteiger partial charge in [-0.15, -0.1) is 0 Å². The minimum Gasteiger partial charge on any atom is -0.457 e. The molecule has 21 heavy (non-hydrogen) atoms. The molecule has 3 N–H and O–H groups in total. The number of rotatable bonds is 4. The number of nitro benzene ring substituents is 1. The van der Waals surface area contributed by atoms with Crippen molar-refractivity contribution in [3.8, 4) is 11.5 Å². The van der Waals surface area contributed by atoms with Gasteiger partial charge < -0.3 is 10.5 Å². The van der Waals surface area contributed by atoms with E-state index in [4.69, 9.17) is 27.5 Å². The van der Waals surface area contributed by atoms with Gasteiger partial charge in [0.25, 0.3) is 5.69 Å². The topological polar surface area (TPSA) is 102 Å². The van der Waals surface area contributed by atoms with Crippen molar-refractivity contribution < 1.29 is 9.66 Å². The number of ether oxygens (including phenoxy) is 1. The molecule has 6 nitrogen and oxygen atoms in total. The van der Waals surface area contributed by atoms with E-state index in [1.807, 2.05) is 0 Å². The van der Waals surface area contributed by atoms with Crippen molar-refractivity contribution in [3.63, 3.8) is 0 Å². The fraction of sp³-hybridized carbons (Fsp3) is 0. The molecule has 2 aromatic rings. The summed E-state index contributed by atoms with van der Waals surface area (Å²) in [4.78, 5) is 10.1. The summed E-state index contributed by atoms with van der Waals surface area (Å²) in [6, 6.07) is 9.01. The number of hydrogen-bond donors (Lipinski definition) is 2. The van der Waals surface area contributed by atoms with Crippen molar-refractivity contribution >= 4 is 39.1 Å². The first kappa shape index (κ1) is 15.3. The zero-order chi connectivity index (χ0) is 15.6. The number of nitro groups is 1. The van der Waals surface area contributed by atoms with Gasteiger partial charge in [0.1, 0.15) is 22.4 Å². The molecule has 0 bridgehead atoms. The van der Waals surface area contributed by atoms with Crippen molar-refractivity contribution in [2.45, 2.75) is 0 Å². The van der Waals surface area contributed by atoms with Gasteiger partial charge in [-0.1, -0.05) is 11.6 Å². The van der Waals surface area contributed by atoms with Gasteiger partial charge in [-0.25, -0.2) is 0 Å². The Morgan fingerprint density at radius 3 is 2.43 bits per heavy atom. The summed E-state index contributed by atoms with van der Waals surface area (Å²) in [5.74, 6) is 0.789. The monoisotopic (exact) mass is 369 g/mol. The molecule has 0 aliphatic carbocycles. The van der Waals surface area contributed by atoms with E-state index >= 15 is 0 Å². The Morgan fingerprint density at radius 2 is 1.90 bits per heavy atom. The molecule has 108 valence electrons. The van der Waals surface area contributed by atoms with Crippen molar-refractivity contribution in [1.29, 1.82) is 5.41 Å². The third-order valence-electron chi connectivity index (χ3n) is 2.58. The fourth-order valence-electron chi connectivity index (χ4n) is 1.61. The molecule has 0 fully saturated rings. The van der Waals surface area contributed by atoms with Gasteiger partial charge in [-0.2, -0.15) is 0 Å². The molecule has 0 aliphatic rings. The molecule has 0 radical (unpaired) electrons. The van der Waals surface area contributed by atoms with Gasteiger partial charge in [0, 0.05) is 22.2 Å². The van der Waals surface area contributed by atoms with Crippen LogP contribution in [0.3, 0.4) is 0 Å². The van der Waals surface area contributed by atoms with Crippen molar-refractivity contribution in [1.82, 2.24) is 0 Å². The molecule has 2 aromatic carbocycles. The summed E-state index contributed by atoms with van der Waals surface area (Å²) in [6.45, 7) is 0. The minimum atomic E-state index is -0.565. The number of nitrogens with one attached hydrogen (secondary N) is 1. The highest BCUT2D eigenvalue weighted by Gasteiger charge is 2.13. The summed E-state index contributed by atoms with van der Waals surface area (Å²) < 4.78 is 6.17. The van der Waals surface area contributed by atoms with Crippen LogP contribution in [0, 0.1) is 15.5 Å². The lowest BCUT2D eigenvalue weighted by atomic mass is 10.2. The zero-order valence-electron chi connectivity index (χ0n) is 10.5. The van der Waals surface area contributed by atoms with E-state index < -0.39 is 4.92 Å². The summed E-state index contributed by atoms with van der Waals surface area (Å²) >= 11 is 9.10. The van der Waals surface area contributed by atoms with E-state index in [9.17, 15) is 10.1 Å². The Morgan fingerprint density at radius 1 is 1.29 bits per heavy atom. The van der Waals surface area contributed by atoms with E-state index in [1.54, 1.807) is 18.2 Å². The van der Waals surface area contributed by atoms with Gasteiger partial charge in [-0.3, -0.25) is 15.5 Å². The molecule has 0 spiro atoms. The lowest BCUT2D eigenvalue weighted by molar-refractivity contribution is -0.384. The minimum absolute atomic E-state index is 0.00285. The number of halogens is 2. The maximum absolute atomic E-state index is 10.7. The number of nitrogens with two attached hydrogens (primary N) is 1. The van der Waals surface area contributed by atoms with Gasteiger partial charge in [0.15, 0.2) is 0 Å². The quantitative estimate of drug-likeness (QED) is 0.366. The largest absolute Gasteiger partial charge is 0.457 e. The maximum atomic E-state index is 10.7. The van der Waals surface area contributed by atoms with E-state index in [0.717, 1.165) is 0 Å². The predicted molar refractivity (Wildman–Crippen MR) is 83.3 cm³/mol. The second-order valence-corrected chi connectivity index (χ2v) is 5.29. The van der Waals surface area contributed by atoms with Crippen LogP contribution in [0.5, 0.6) is 11.5 Å². The van der Waals surface area contributed by atoms with Crippen LogP contribution < -0.4 is 10.5 Å². The van der Waals surface area contributed by atoms with Crippen LogP contribution in [-0.4, -0.2) is 10.8 Å². The Labute approximate surface area is 133 Å². The molecule has 0 heterocycles. The first-order valence-corrected chi connectivity index (χ1v) is 6.81. The maximum Gasteiger partial charge on any atom is 0.288 e. The number of nitrogen functional groups attached to an aromatic ring is 1. The molecule has 0 saturated heterocycles. The Hall–Kier alpha value is -2.12. The summed E-state index contributed by atoms with van der Waals surface area (Å²) in [5, 5.41) is 18.1. The molecule has 0 amide bonds. The number of nitrogens with zero attached hydrogens (tertiary/aromatic N) is 1.